The maximum atomic E-state index is 13.7. The molecular formula is C15H16BrF2Na2O3PS. The average molecular weight is 471 g/mol. The number of benzene rings is 2. The first-order valence-corrected chi connectivity index (χ1v) is 10.1. The minimum absolute atomic E-state index is 0. The molecule has 128 valence electrons. The molecule has 0 bridgehead atoms. The van der Waals surface area contributed by atoms with Crippen molar-refractivity contribution in [2.45, 2.75) is 17.2 Å². The van der Waals surface area contributed by atoms with E-state index in [2.05, 4.69) is 15.9 Å². The SMILES string of the molecule is O=P(O)(O)C(F)(F)c1ccc(CSCc2ccccc2)cc1Br.[H-].[H-].[Na+].[Na+]. The largest absolute Gasteiger partial charge is 1.00 e. The van der Waals surface area contributed by atoms with Gasteiger partial charge in [0.25, 0.3) is 0 Å². The van der Waals surface area contributed by atoms with Crippen LogP contribution in [0.3, 0.4) is 0 Å². The van der Waals surface area contributed by atoms with Gasteiger partial charge in [0, 0.05) is 21.5 Å². The van der Waals surface area contributed by atoms with Crippen LogP contribution in [0.4, 0.5) is 8.78 Å². The fourth-order valence-corrected chi connectivity index (χ4v) is 4.19. The van der Waals surface area contributed by atoms with E-state index in [1.54, 1.807) is 11.8 Å². The molecule has 2 aromatic carbocycles. The predicted octanol–water partition coefficient (Wildman–Crippen LogP) is -0.657. The number of rotatable bonds is 6. The third-order valence-corrected chi connectivity index (χ3v) is 5.81. The molecule has 0 saturated carbocycles. The van der Waals surface area contributed by atoms with Crippen molar-refractivity contribution in [1.82, 2.24) is 0 Å². The fraction of sp³-hybridized carbons (Fsp3) is 0.200. The van der Waals surface area contributed by atoms with Crippen LogP contribution in [0.2, 0.25) is 0 Å². The summed E-state index contributed by atoms with van der Waals surface area (Å²) in [6.07, 6.45) is 0. The molecule has 2 aromatic rings. The number of hydrogen-bond donors (Lipinski definition) is 2. The molecule has 0 aliphatic rings. The van der Waals surface area contributed by atoms with E-state index in [0.717, 1.165) is 17.4 Å². The van der Waals surface area contributed by atoms with Crippen molar-refractivity contribution < 1.29 is 85.1 Å². The summed E-state index contributed by atoms with van der Waals surface area (Å²) in [6, 6.07) is 13.8. The summed E-state index contributed by atoms with van der Waals surface area (Å²) in [5, 5.41) is 0. The van der Waals surface area contributed by atoms with E-state index in [1.165, 1.54) is 17.7 Å². The summed E-state index contributed by atoms with van der Waals surface area (Å²) in [7, 11) is -5.56. The molecule has 25 heavy (non-hydrogen) atoms. The zero-order valence-electron chi connectivity index (χ0n) is 15.8. The molecule has 0 aliphatic heterocycles. The Labute approximate surface area is 205 Å². The first-order chi connectivity index (χ1) is 10.7. The molecule has 0 unspecified atom stereocenters. The van der Waals surface area contributed by atoms with Crippen LogP contribution in [0.5, 0.6) is 0 Å². The molecule has 0 aromatic heterocycles. The van der Waals surface area contributed by atoms with Crippen molar-refractivity contribution >= 4 is 35.3 Å². The summed E-state index contributed by atoms with van der Waals surface area (Å²) in [5.41, 5.74) is -2.95. The van der Waals surface area contributed by atoms with Gasteiger partial charge in [0.15, 0.2) is 0 Å². The van der Waals surface area contributed by atoms with Crippen LogP contribution in [0, 0.1) is 0 Å². The van der Waals surface area contributed by atoms with Crippen LogP contribution < -0.4 is 59.1 Å². The Morgan fingerprint density at radius 3 is 2.12 bits per heavy atom. The van der Waals surface area contributed by atoms with E-state index in [4.69, 9.17) is 9.79 Å². The van der Waals surface area contributed by atoms with E-state index >= 15 is 0 Å². The van der Waals surface area contributed by atoms with Gasteiger partial charge in [-0.3, -0.25) is 4.57 Å². The Hall–Kier alpha value is 1.28. The fourth-order valence-electron chi connectivity index (χ4n) is 1.91. The van der Waals surface area contributed by atoms with Gasteiger partial charge in [-0.1, -0.05) is 58.4 Å². The Bertz CT molecular complexity index is 742. The van der Waals surface area contributed by atoms with Crippen LogP contribution in [0.25, 0.3) is 0 Å². The van der Waals surface area contributed by atoms with Gasteiger partial charge in [-0.25, -0.2) is 0 Å². The molecule has 0 radical (unpaired) electrons. The standard InChI is InChI=1S/C15H14BrF2O3PS.2Na.2H/c16-14-8-12(10-23-9-11-4-2-1-3-5-11)6-7-13(14)15(17,18)22(19,20)21;;;;/h1-8H,9-10H2,(H2,19,20,21);;;;/q;2*+1;2*-1. The van der Waals surface area contributed by atoms with Crippen LogP contribution in [-0.4, -0.2) is 9.79 Å². The molecule has 0 aliphatic carbocycles. The second-order valence-electron chi connectivity index (χ2n) is 4.88. The van der Waals surface area contributed by atoms with Gasteiger partial charge >= 0.3 is 72.4 Å². The summed E-state index contributed by atoms with van der Waals surface area (Å²) in [4.78, 5) is 17.6. The molecule has 0 saturated heterocycles. The van der Waals surface area contributed by atoms with Gasteiger partial charge in [-0.2, -0.15) is 20.5 Å². The summed E-state index contributed by atoms with van der Waals surface area (Å²) in [6.45, 7) is 0. The van der Waals surface area contributed by atoms with Gasteiger partial charge in [0.1, 0.15) is 0 Å². The Morgan fingerprint density at radius 2 is 1.60 bits per heavy atom. The molecular weight excluding hydrogens is 455 g/mol. The maximum absolute atomic E-state index is 13.7. The first kappa shape index (κ1) is 26.3. The van der Waals surface area contributed by atoms with Gasteiger partial charge in [0.2, 0.25) is 0 Å². The van der Waals surface area contributed by atoms with Crippen molar-refractivity contribution in [3.63, 3.8) is 0 Å². The smallest absolute Gasteiger partial charge is 1.00 e. The average Bonchev–Trinajstić information content (AvgIpc) is 2.47. The summed E-state index contributed by atoms with van der Waals surface area (Å²) < 4.78 is 38.4. The molecule has 0 amide bonds. The first-order valence-electron chi connectivity index (χ1n) is 6.56. The van der Waals surface area contributed by atoms with Gasteiger partial charge in [-0.15, -0.1) is 0 Å². The molecule has 0 atom stereocenters. The number of alkyl halides is 2. The molecule has 0 fully saturated rings. The topological polar surface area (TPSA) is 57.5 Å². The van der Waals surface area contributed by atoms with Gasteiger partial charge < -0.3 is 12.6 Å². The summed E-state index contributed by atoms with van der Waals surface area (Å²) >= 11 is 4.60. The molecule has 0 heterocycles. The third kappa shape index (κ3) is 7.31. The van der Waals surface area contributed by atoms with E-state index in [1.807, 2.05) is 30.3 Å². The quantitative estimate of drug-likeness (QED) is 0.435. The second kappa shape index (κ2) is 11.3. The number of halogens is 3. The van der Waals surface area contributed by atoms with Crippen LogP contribution >= 0.6 is 35.3 Å². The van der Waals surface area contributed by atoms with Crippen molar-refractivity contribution in [3.8, 4) is 0 Å². The Kier molecular flexibility index (Phi) is 11.9. The maximum Gasteiger partial charge on any atom is 1.00 e. The van der Waals surface area contributed by atoms with Crippen LogP contribution in [-0.2, 0) is 21.7 Å². The molecule has 3 nitrogen and oxygen atoms in total. The van der Waals surface area contributed by atoms with E-state index in [-0.39, 0.29) is 66.4 Å². The van der Waals surface area contributed by atoms with Gasteiger partial charge in [-0.05, 0) is 17.2 Å². The number of hydrogen-bond acceptors (Lipinski definition) is 2. The Balaban J connectivity index is -0.00000144. The van der Waals surface area contributed by atoms with E-state index in [0.29, 0.717) is 5.75 Å². The summed E-state index contributed by atoms with van der Waals surface area (Å²) in [5.74, 6) is 1.40. The predicted molar refractivity (Wildman–Crippen MR) is 93.7 cm³/mol. The van der Waals surface area contributed by atoms with Crippen molar-refractivity contribution in [2.75, 3.05) is 0 Å². The number of thioether (sulfide) groups is 1. The van der Waals surface area contributed by atoms with Gasteiger partial charge in [0.05, 0.1) is 0 Å². The van der Waals surface area contributed by atoms with E-state index in [9.17, 15) is 13.3 Å². The molecule has 2 rings (SSSR count). The van der Waals surface area contributed by atoms with Crippen molar-refractivity contribution in [1.29, 1.82) is 0 Å². The van der Waals surface area contributed by atoms with Crippen molar-refractivity contribution in [2.24, 2.45) is 0 Å². The Morgan fingerprint density at radius 1 is 1.04 bits per heavy atom. The zero-order valence-corrected chi connectivity index (χ0v) is 21.1. The van der Waals surface area contributed by atoms with Crippen molar-refractivity contribution in [3.05, 3.63) is 69.7 Å². The van der Waals surface area contributed by atoms with Crippen LogP contribution in [0.1, 0.15) is 19.5 Å². The minimum Gasteiger partial charge on any atom is -1.00 e. The molecule has 2 N–H and O–H groups in total. The van der Waals surface area contributed by atoms with Crippen LogP contribution in [0.15, 0.2) is 53.0 Å². The molecule has 10 heteroatoms. The third-order valence-electron chi connectivity index (χ3n) is 3.10. The normalized spacial score (nSPS) is 11.4. The minimum atomic E-state index is -5.56. The molecule has 0 spiro atoms. The second-order valence-corrected chi connectivity index (χ2v) is 8.37. The monoisotopic (exact) mass is 470 g/mol. The zero-order chi connectivity index (χ0) is 17.1. The van der Waals surface area contributed by atoms with E-state index < -0.39 is 18.8 Å².